The van der Waals surface area contributed by atoms with Gasteiger partial charge in [0, 0.05) is 4.92 Å². The number of nitrogens with zero attached hydrogens (tertiary/aromatic N) is 1. The third-order valence-corrected chi connectivity index (χ3v) is 4.51. The van der Waals surface area contributed by atoms with Gasteiger partial charge in [-0.2, -0.15) is 0 Å². The van der Waals surface area contributed by atoms with Crippen molar-refractivity contribution >= 4 is 6.29 Å². The second-order valence-electron chi connectivity index (χ2n) is 5.00. The lowest BCUT2D eigenvalue weighted by Gasteiger charge is -2.47. The second-order valence-corrected chi connectivity index (χ2v) is 5.00. The molecule has 0 N–H and O–H groups in total. The average Bonchev–Trinajstić information content (AvgIpc) is 2.79. The van der Waals surface area contributed by atoms with Gasteiger partial charge in [-0.25, -0.2) is 0 Å². The van der Waals surface area contributed by atoms with E-state index in [1.165, 1.54) is 0 Å². The first-order chi connectivity index (χ1) is 7.70. The van der Waals surface area contributed by atoms with Crippen LogP contribution in [-0.4, -0.2) is 16.7 Å². The maximum Gasteiger partial charge on any atom is 0.256 e. The zero-order chi connectivity index (χ0) is 11.3. The number of aldehydes is 1. The van der Waals surface area contributed by atoms with E-state index in [1.807, 2.05) is 18.2 Å². The fraction of sp³-hybridized carbons (Fsp3) is 0.583. The van der Waals surface area contributed by atoms with Gasteiger partial charge in [0.25, 0.3) is 5.54 Å². The highest BCUT2D eigenvalue weighted by atomic mass is 16.6. The van der Waals surface area contributed by atoms with Crippen LogP contribution in [0.1, 0.15) is 12.8 Å². The Labute approximate surface area is 93.2 Å². The summed E-state index contributed by atoms with van der Waals surface area (Å²) in [5.74, 6) is 0.145. The van der Waals surface area contributed by atoms with Crippen LogP contribution in [0.15, 0.2) is 24.3 Å². The molecule has 0 aromatic carbocycles. The van der Waals surface area contributed by atoms with Crippen LogP contribution in [0.3, 0.4) is 0 Å². The van der Waals surface area contributed by atoms with Crippen molar-refractivity contribution in [1.29, 1.82) is 0 Å². The Bertz CT molecular complexity index is 414. The molecule has 0 aromatic heterocycles. The molecule has 0 aromatic rings. The molecule has 0 saturated heterocycles. The summed E-state index contributed by atoms with van der Waals surface area (Å²) < 4.78 is 0. The third-order valence-electron chi connectivity index (χ3n) is 4.51. The van der Waals surface area contributed by atoms with Crippen molar-refractivity contribution in [2.45, 2.75) is 18.4 Å². The van der Waals surface area contributed by atoms with Crippen LogP contribution in [-0.2, 0) is 4.79 Å². The largest absolute Gasteiger partial charge is 0.303 e. The summed E-state index contributed by atoms with van der Waals surface area (Å²) >= 11 is 0. The van der Waals surface area contributed by atoms with E-state index in [0.29, 0.717) is 18.3 Å². The van der Waals surface area contributed by atoms with E-state index in [1.54, 1.807) is 6.08 Å². The molecule has 84 valence electrons. The maximum atomic E-state index is 11.4. The minimum absolute atomic E-state index is 0.0820. The zero-order valence-corrected chi connectivity index (χ0v) is 8.78. The van der Waals surface area contributed by atoms with Gasteiger partial charge in [0.1, 0.15) is 6.29 Å². The van der Waals surface area contributed by atoms with Crippen LogP contribution in [0.2, 0.25) is 0 Å². The lowest BCUT2D eigenvalue weighted by molar-refractivity contribution is -0.578. The molecule has 1 saturated carbocycles. The van der Waals surface area contributed by atoms with Crippen LogP contribution in [0.5, 0.6) is 0 Å². The molecule has 4 nitrogen and oxygen atoms in total. The molecular formula is C12H13NO3. The number of hydrogen-bond acceptors (Lipinski definition) is 3. The van der Waals surface area contributed by atoms with E-state index in [0.717, 1.165) is 12.7 Å². The summed E-state index contributed by atoms with van der Waals surface area (Å²) in [4.78, 5) is 22.2. The highest BCUT2D eigenvalue weighted by Gasteiger charge is 2.64. The summed E-state index contributed by atoms with van der Waals surface area (Å²) in [6, 6.07) is 0. The van der Waals surface area contributed by atoms with Crippen molar-refractivity contribution in [2.24, 2.45) is 23.7 Å². The van der Waals surface area contributed by atoms with Gasteiger partial charge in [-0.3, -0.25) is 10.1 Å². The van der Waals surface area contributed by atoms with Gasteiger partial charge in [0.15, 0.2) is 0 Å². The van der Waals surface area contributed by atoms with Gasteiger partial charge in [0.2, 0.25) is 0 Å². The predicted octanol–water partition coefficient (Wildman–Crippen LogP) is 1.60. The molecule has 0 amide bonds. The first-order valence-corrected chi connectivity index (χ1v) is 5.66. The molecule has 5 unspecified atom stereocenters. The molecule has 4 rings (SSSR count). The lowest BCUT2D eigenvalue weighted by Crippen LogP contribution is -2.59. The Kier molecular flexibility index (Phi) is 1.85. The number of nitro groups is 1. The van der Waals surface area contributed by atoms with Gasteiger partial charge in [-0.05, 0) is 30.8 Å². The Morgan fingerprint density at radius 3 is 2.94 bits per heavy atom. The zero-order valence-electron chi connectivity index (χ0n) is 8.78. The Balaban J connectivity index is 2.15. The normalized spacial score (nSPS) is 48.0. The van der Waals surface area contributed by atoms with Crippen molar-refractivity contribution in [2.75, 3.05) is 0 Å². The first kappa shape index (κ1) is 9.75. The minimum Gasteiger partial charge on any atom is -0.303 e. The average molecular weight is 219 g/mol. The summed E-state index contributed by atoms with van der Waals surface area (Å²) in [6.07, 6.45) is 9.95. The Morgan fingerprint density at radius 2 is 2.25 bits per heavy atom. The minimum atomic E-state index is -1.16. The van der Waals surface area contributed by atoms with Crippen molar-refractivity contribution in [3.63, 3.8) is 0 Å². The van der Waals surface area contributed by atoms with E-state index in [9.17, 15) is 14.9 Å². The molecule has 2 bridgehead atoms. The molecule has 0 spiro atoms. The highest BCUT2D eigenvalue weighted by molar-refractivity contribution is 5.59. The van der Waals surface area contributed by atoms with Crippen LogP contribution in [0.25, 0.3) is 0 Å². The SMILES string of the molecule is O=CC1CC2C=CC1([N+](=O)[O-])C1C=CCC21. The number of carbonyl (C=O) groups excluding carboxylic acids is 1. The van der Waals surface area contributed by atoms with Gasteiger partial charge in [-0.1, -0.05) is 18.2 Å². The number of allylic oxidation sites excluding steroid dienone is 2. The Morgan fingerprint density at radius 1 is 1.44 bits per heavy atom. The molecule has 16 heavy (non-hydrogen) atoms. The summed E-state index contributed by atoms with van der Waals surface area (Å²) in [5, 5.41) is 11.4. The van der Waals surface area contributed by atoms with Gasteiger partial charge in [-0.15, -0.1) is 0 Å². The fourth-order valence-corrected chi connectivity index (χ4v) is 3.73. The quantitative estimate of drug-likeness (QED) is 0.307. The van der Waals surface area contributed by atoms with Crippen molar-refractivity contribution < 1.29 is 9.72 Å². The second kappa shape index (κ2) is 3.03. The Hall–Kier alpha value is -1.45. The maximum absolute atomic E-state index is 11.4. The molecule has 4 aliphatic carbocycles. The van der Waals surface area contributed by atoms with Crippen LogP contribution in [0.4, 0.5) is 0 Å². The highest BCUT2D eigenvalue weighted by Crippen LogP contribution is 2.55. The molecule has 1 fully saturated rings. The topological polar surface area (TPSA) is 60.2 Å². The molecular weight excluding hydrogens is 206 g/mol. The van der Waals surface area contributed by atoms with Gasteiger partial charge >= 0.3 is 0 Å². The number of fused-ring (bicyclic) bond motifs is 1. The van der Waals surface area contributed by atoms with E-state index >= 15 is 0 Å². The van der Waals surface area contributed by atoms with Crippen molar-refractivity contribution in [1.82, 2.24) is 0 Å². The van der Waals surface area contributed by atoms with E-state index in [4.69, 9.17) is 0 Å². The third kappa shape index (κ3) is 0.925. The molecule has 0 heterocycles. The molecule has 0 aliphatic heterocycles. The van der Waals surface area contributed by atoms with Crippen molar-refractivity contribution in [3.8, 4) is 0 Å². The molecule has 0 radical (unpaired) electrons. The summed E-state index contributed by atoms with van der Waals surface area (Å²) in [7, 11) is 0. The van der Waals surface area contributed by atoms with Crippen molar-refractivity contribution in [3.05, 3.63) is 34.4 Å². The summed E-state index contributed by atoms with van der Waals surface area (Å²) in [5.41, 5.74) is -1.16. The number of carbonyl (C=O) groups is 1. The number of hydrogen-bond donors (Lipinski definition) is 0. The fourth-order valence-electron chi connectivity index (χ4n) is 3.73. The molecule has 5 atom stereocenters. The first-order valence-electron chi connectivity index (χ1n) is 5.66. The lowest BCUT2D eigenvalue weighted by atomic mass is 9.55. The van der Waals surface area contributed by atoms with E-state index in [2.05, 4.69) is 0 Å². The summed E-state index contributed by atoms with van der Waals surface area (Å²) in [6.45, 7) is 0. The predicted molar refractivity (Wildman–Crippen MR) is 57.3 cm³/mol. The molecule has 4 aliphatic rings. The molecule has 4 heteroatoms. The van der Waals surface area contributed by atoms with E-state index < -0.39 is 11.5 Å². The smallest absolute Gasteiger partial charge is 0.256 e. The van der Waals surface area contributed by atoms with Crippen LogP contribution in [0, 0.1) is 33.8 Å². The standard InChI is InChI=1S/C12H13NO3/c14-7-9-6-8-4-5-12(9,13(15)16)11-3-1-2-10(8)11/h1,3-5,7-11H,2,6H2. The van der Waals surface area contributed by atoms with Gasteiger partial charge in [0.05, 0.1) is 11.8 Å². The number of rotatable bonds is 2. The van der Waals surface area contributed by atoms with E-state index in [-0.39, 0.29) is 10.8 Å². The van der Waals surface area contributed by atoms with Crippen LogP contribution < -0.4 is 0 Å². The van der Waals surface area contributed by atoms with Crippen LogP contribution >= 0.6 is 0 Å². The monoisotopic (exact) mass is 219 g/mol. The van der Waals surface area contributed by atoms with Gasteiger partial charge < -0.3 is 4.79 Å².